The first-order valence-electron chi connectivity index (χ1n) is 14.4. The highest BCUT2D eigenvalue weighted by Crippen LogP contribution is 2.43. The molecule has 12 heteroatoms. The monoisotopic (exact) mass is 618 g/mol. The predicted octanol–water partition coefficient (Wildman–Crippen LogP) is 2.54. The van der Waals surface area contributed by atoms with Crippen LogP contribution in [0, 0.1) is 0 Å². The molecule has 3 aromatic carbocycles. The third-order valence-electron chi connectivity index (χ3n) is 7.94. The highest BCUT2D eigenvalue weighted by Gasteiger charge is 2.49. The van der Waals surface area contributed by atoms with Gasteiger partial charge < -0.3 is 38.3 Å². The van der Waals surface area contributed by atoms with E-state index in [4.69, 9.17) is 33.2 Å². The molecule has 45 heavy (non-hydrogen) atoms. The lowest BCUT2D eigenvalue weighted by Crippen LogP contribution is -2.42. The molecule has 0 bridgehead atoms. The molecule has 236 valence electrons. The third kappa shape index (κ3) is 6.16. The van der Waals surface area contributed by atoms with Crippen molar-refractivity contribution >= 4 is 0 Å². The van der Waals surface area contributed by atoms with Crippen molar-refractivity contribution in [2.75, 3.05) is 34.0 Å². The van der Waals surface area contributed by atoms with Crippen molar-refractivity contribution < 1.29 is 38.3 Å². The van der Waals surface area contributed by atoms with Crippen LogP contribution in [0.2, 0.25) is 0 Å². The summed E-state index contributed by atoms with van der Waals surface area (Å²) in [4.78, 5) is 26.8. The SMILES string of the molecule is COc1ccc(C(OC[C@@H]2O[C@H](n3ccc(=O)[nH]c3=O)[C@@H](OC3OCCO3)[C@H]2O)(c2ccccc2)c2ccc(OC)cc2)cc1. The molecule has 4 aromatic rings. The number of rotatable bonds is 11. The minimum Gasteiger partial charge on any atom is -0.497 e. The summed E-state index contributed by atoms with van der Waals surface area (Å²) in [7, 11) is 3.20. The Labute approximate surface area is 258 Å². The fraction of sp³-hybridized carbons (Fsp3) is 0.333. The largest absolute Gasteiger partial charge is 0.497 e. The molecule has 0 aliphatic carbocycles. The minimum atomic E-state index is -1.28. The number of nitrogens with zero attached hydrogens (tertiary/aromatic N) is 1. The Morgan fingerprint density at radius 1 is 0.844 bits per heavy atom. The van der Waals surface area contributed by atoms with E-state index < -0.39 is 47.9 Å². The van der Waals surface area contributed by atoms with Crippen molar-refractivity contribution in [3.8, 4) is 11.5 Å². The molecule has 4 atom stereocenters. The number of nitrogens with one attached hydrogen (secondary N) is 1. The maximum absolute atomic E-state index is 12.8. The first-order chi connectivity index (χ1) is 21.9. The van der Waals surface area contributed by atoms with E-state index in [2.05, 4.69) is 4.98 Å². The summed E-state index contributed by atoms with van der Waals surface area (Å²) in [6.07, 6.45) is -3.18. The molecule has 2 aliphatic rings. The summed E-state index contributed by atoms with van der Waals surface area (Å²) in [5.74, 6) is 1.35. The van der Waals surface area contributed by atoms with E-state index in [0.29, 0.717) is 24.7 Å². The van der Waals surface area contributed by atoms with Crippen LogP contribution < -0.4 is 20.7 Å². The molecule has 12 nitrogen and oxygen atoms in total. The van der Waals surface area contributed by atoms with Crippen LogP contribution in [-0.2, 0) is 29.3 Å². The van der Waals surface area contributed by atoms with Gasteiger partial charge in [-0.05, 0) is 41.0 Å². The molecule has 0 spiro atoms. The van der Waals surface area contributed by atoms with E-state index in [1.165, 1.54) is 12.3 Å². The van der Waals surface area contributed by atoms with Gasteiger partial charge in [0.05, 0.1) is 34.0 Å². The van der Waals surface area contributed by atoms with Crippen LogP contribution in [0.5, 0.6) is 11.5 Å². The number of hydrogen-bond acceptors (Lipinski definition) is 10. The van der Waals surface area contributed by atoms with Crippen LogP contribution in [0.25, 0.3) is 0 Å². The van der Waals surface area contributed by atoms with Gasteiger partial charge in [-0.25, -0.2) is 4.79 Å². The molecule has 0 unspecified atom stereocenters. The second-order valence-corrected chi connectivity index (χ2v) is 10.5. The van der Waals surface area contributed by atoms with Gasteiger partial charge in [-0.3, -0.25) is 14.3 Å². The summed E-state index contributed by atoms with van der Waals surface area (Å²) in [5.41, 5.74) is -0.0624. The third-order valence-corrected chi connectivity index (χ3v) is 7.94. The van der Waals surface area contributed by atoms with Gasteiger partial charge in [0.2, 0.25) is 0 Å². The Morgan fingerprint density at radius 3 is 1.98 bits per heavy atom. The minimum absolute atomic E-state index is 0.130. The summed E-state index contributed by atoms with van der Waals surface area (Å²) in [5, 5.41) is 11.6. The predicted molar refractivity (Wildman–Crippen MR) is 160 cm³/mol. The van der Waals surface area contributed by atoms with Crippen LogP contribution in [0.3, 0.4) is 0 Å². The molecular formula is C33H34N2O10. The first-order valence-corrected chi connectivity index (χ1v) is 14.4. The molecule has 3 heterocycles. The number of aromatic nitrogens is 2. The van der Waals surface area contributed by atoms with E-state index in [1.54, 1.807) is 14.2 Å². The molecule has 2 aliphatic heterocycles. The van der Waals surface area contributed by atoms with Gasteiger partial charge in [0.25, 0.3) is 12.0 Å². The van der Waals surface area contributed by atoms with Crippen molar-refractivity contribution in [3.05, 3.63) is 129 Å². The number of ether oxygens (including phenoxy) is 7. The Balaban J connectivity index is 1.40. The fourth-order valence-corrected chi connectivity index (χ4v) is 5.68. The zero-order valence-corrected chi connectivity index (χ0v) is 24.7. The second kappa shape index (κ2) is 13.4. The van der Waals surface area contributed by atoms with Gasteiger partial charge in [-0.15, -0.1) is 0 Å². The fourth-order valence-electron chi connectivity index (χ4n) is 5.68. The van der Waals surface area contributed by atoms with E-state index in [-0.39, 0.29) is 6.61 Å². The molecule has 1 aromatic heterocycles. The van der Waals surface area contributed by atoms with Crippen molar-refractivity contribution in [1.82, 2.24) is 9.55 Å². The number of benzene rings is 3. The zero-order valence-electron chi connectivity index (χ0n) is 24.7. The Bertz CT molecular complexity index is 1620. The van der Waals surface area contributed by atoms with Gasteiger partial charge in [0.1, 0.15) is 35.4 Å². The molecule has 2 fully saturated rings. The van der Waals surface area contributed by atoms with Gasteiger partial charge >= 0.3 is 5.69 Å². The van der Waals surface area contributed by atoms with Crippen LogP contribution in [0.4, 0.5) is 0 Å². The van der Waals surface area contributed by atoms with Crippen LogP contribution >= 0.6 is 0 Å². The van der Waals surface area contributed by atoms with Crippen LogP contribution in [-0.4, -0.2) is 73.5 Å². The lowest BCUT2D eigenvalue weighted by Gasteiger charge is -2.37. The molecule has 6 rings (SSSR count). The average Bonchev–Trinajstić information content (AvgIpc) is 3.70. The summed E-state index contributed by atoms with van der Waals surface area (Å²) in [6, 6.07) is 26.0. The number of aromatic amines is 1. The smallest absolute Gasteiger partial charge is 0.330 e. The molecule has 0 radical (unpaired) electrons. The number of aliphatic hydroxyl groups excluding tert-OH is 1. The van der Waals surface area contributed by atoms with Crippen molar-refractivity contribution in [2.45, 2.75) is 36.6 Å². The van der Waals surface area contributed by atoms with Crippen molar-refractivity contribution in [1.29, 1.82) is 0 Å². The lowest BCUT2D eigenvalue weighted by atomic mass is 9.80. The van der Waals surface area contributed by atoms with Gasteiger partial charge in [0, 0.05) is 12.3 Å². The normalized spacial score (nSPS) is 22.0. The summed E-state index contributed by atoms with van der Waals surface area (Å²) < 4.78 is 42.0. The highest BCUT2D eigenvalue weighted by molar-refractivity contribution is 5.49. The maximum Gasteiger partial charge on any atom is 0.330 e. The van der Waals surface area contributed by atoms with Gasteiger partial charge in [-0.2, -0.15) is 0 Å². The highest BCUT2D eigenvalue weighted by atomic mass is 16.9. The van der Waals surface area contributed by atoms with Crippen molar-refractivity contribution in [2.24, 2.45) is 0 Å². The number of H-pyrrole nitrogens is 1. The number of hydrogen-bond donors (Lipinski definition) is 2. The first kappa shape index (κ1) is 30.7. The summed E-state index contributed by atoms with van der Waals surface area (Å²) in [6.45, 7) is -0.563. The molecule has 2 saturated heterocycles. The van der Waals surface area contributed by atoms with Crippen molar-refractivity contribution in [3.63, 3.8) is 0 Å². The van der Waals surface area contributed by atoms with E-state index >= 15 is 0 Å². The zero-order chi connectivity index (χ0) is 31.4. The van der Waals surface area contributed by atoms with Gasteiger partial charge in [-0.1, -0.05) is 54.6 Å². The average molecular weight is 619 g/mol. The molecule has 0 amide bonds. The Hall–Kier alpha value is -4.30. The topological polar surface area (TPSA) is 140 Å². The molecule has 2 N–H and O–H groups in total. The summed E-state index contributed by atoms with van der Waals surface area (Å²) >= 11 is 0. The lowest BCUT2D eigenvalue weighted by molar-refractivity contribution is -0.271. The van der Waals surface area contributed by atoms with E-state index in [9.17, 15) is 14.7 Å². The maximum atomic E-state index is 12.8. The number of methoxy groups -OCH3 is 2. The van der Waals surface area contributed by atoms with E-state index in [0.717, 1.165) is 21.3 Å². The van der Waals surface area contributed by atoms with E-state index in [1.807, 2.05) is 78.9 Å². The van der Waals surface area contributed by atoms with Crippen LogP contribution in [0.1, 0.15) is 22.9 Å². The Kier molecular flexibility index (Phi) is 9.12. The second-order valence-electron chi connectivity index (χ2n) is 10.5. The molecular weight excluding hydrogens is 584 g/mol. The molecule has 0 saturated carbocycles. The quantitative estimate of drug-likeness (QED) is 0.241. The Morgan fingerprint density at radius 2 is 1.42 bits per heavy atom. The number of aliphatic hydroxyl groups is 1. The van der Waals surface area contributed by atoms with Crippen LogP contribution in [0.15, 0.2) is 101 Å². The van der Waals surface area contributed by atoms with Gasteiger partial charge in [0.15, 0.2) is 6.23 Å². The standard InChI is InChI=1S/C33H34N2O10/c1-39-24-12-8-22(9-13-24)33(21-6-4-3-5-7-21,23-10-14-25(40-2)15-11-23)43-20-26-28(37)29(45-32-41-18-19-42-32)30(44-26)35-17-16-27(36)34-31(35)38/h3-17,26,28-30,32,37H,18-20H2,1-2H3,(H,34,36,38)/t26-,28-,29-,30-/m0/s1.